The first-order chi connectivity index (χ1) is 8.29. The Labute approximate surface area is 110 Å². The predicted octanol–water partition coefficient (Wildman–Crippen LogP) is 4.96. The van der Waals surface area contributed by atoms with Gasteiger partial charge in [0.05, 0.1) is 5.52 Å². The molecule has 2 rings (SSSR count). The molecule has 0 N–H and O–H groups in total. The van der Waals surface area contributed by atoms with Gasteiger partial charge < -0.3 is 0 Å². The molecule has 18 heavy (non-hydrogen) atoms. The van der Waals surface area contributed by atoms with Crippen LogP contribution in [0.1, 0.15) is 57.4 Å². The van der Waals surface area contributed by atoms with Crippen molar-refractivity contribution < 1.29 is 0 Å². The van der Waals surface area contributed by atoms with E-state index in [0.717, 1.165) is 11.2 Å². The van der Waals surface area contributed by atoms with Crippen molar-refractivity contribution in [2.45, 2.75) is 52.9 Å². The summed E-state index contributed by atoms with van der Waals surface area (Å²) >= 11 is 0. The van der Waals surface area contributed by atoms with Gasteiger partial charge in [-0.3, -0.25) is 4.98 Å². The second kappa shape index (κ2) is 4.38. The number of aromatic nitrogens is 1. The monoisotopic (exact) mass is 241 g/mol. The lowest BCUT2D eigenvalue weighted by molar-refractivity contribution is 0.591. The summed E-state index contributed by atoms with van der Waals surface area (Å²) in [6, 6.07) is 8.93. The van der Waals surface area contributed by atoms with E-state index < -0.39 is 0 Å². The van der Waals surface area contributed by atoms with Gasteiger partial charge in [-0.2, -0.15) is 0 Å². The fraction of sp³-hybridized carbons (Fsp3) is 0.471. The van der Waals surface area contributed by atoms with Gasteiger partial charge >= 0.3 is 0 Å². The normalized spacial score (nSPS) is 12.4. The molecule has 1 aromatic heterocycles. The molecule has 0 aliphatic rings. The van der Waals surface area contributed by atoms with Crippen molar-refractivity contribution in [1.29, 1.82) is 0 Å². The number of fused-ring (bicyclic) bond motifs is 1. The van der Waals surface area contributed by atoms with Crippen LogP contribution in [0.4, 0.5) is 0 Å². The Bertz CT molecular complexity index is 574. The van der Waals surface area contributed by atoms with Crippen molar-refractivity contribution in [2.24, 2.45) is 0 Å². The molecular formula is C17H23N. The molecule has 0 atom stereocenters. The van der Waals surface area contributed by atoms with Crippen LogP contribution in [0.5, 0.6) is 0 Å². The average Bonchev–Trinajstić information content (AvgIpc) is 2.25. The number of hydrogen-bond donors (Lipinski definition) is 0. The van der Waals surface area contributed by atoms with Crippen LogP contribution in [0.25, 0.3) is 10.9 Å². The van der Waals surface area contributed by atoms with Gasteiger partial charge in [0.15, 0.2) is 0 Å². The number of benzene rings is 1. The van der Waals surface area contributed by atoms with Crippen LogP contribution in [-0.4, -0.2) is 4.98 Å². The van der Waals surface area contributed by atoms with Crippen LogP contribution in [0.3, 0.4) is 0 Å². The summed E-state index contributed by atoms with van der Waals surface area (Å²) in [6.45, 7) is 13.3. The molecule has 0 bridgehead atoms. The minimum absolute atomic E-state index is 0.192. The van der Waals surface area contributed by atoms with Crippen LogP contribution in [0.2, 0.25) is 0 Å². The van der Waals surface area contributed by atoms with E-state index in [-0.39, 0.29) is 5.41 Å². The van der Waals surface area contributed by atoms with Gasteiger partial charge in [0, 0.05) is 11.1 Å². The van der Waals surface area contributed by atoms with E-state index in [1.54, 1.807) is 0 Å². The van der Waals surface area contributed by atoms with E-state index in [0.29, 0.717) is 5.92 Å². The molecule has 0 fully saturated rings. The first-order valence-electron chi connectivity index (χ1n) is 6.71. The molecule has 0 amide bonds. The highest BCUT2D eigenvalue weighted by molar-refractivity contribution is 5.80. The Kier molecular flexibility index (Phi) is 3.18. The van der Waals surface area contributed by atoms with E-state index >= 15 is 0 Å². The van der Waals surface area contributed by atoms with E-state index in [9.17, 15) is 0 Å². The molecule has 0 spiro atoms. The van der Waals surface area contributed by atoms with Gasteiger partial charge in [0.2, 0.25) is 0 Å². The number of pyridine rings is 1. The molecule has 1 aromatic carbocycles. The lowest BCUT2D eigenvalue weighted by atomic mass is 9.86. The zero-order chi connectivity index (χ0) is 13.5. The van der Waals surface area contributed by atoms with Crippen molar-refractivity contribution in [2.75, 3.05) is 0 Å². The minimum atomic E-state index is 0.192. The van der Waals surface area contributed by atoms with Crippen molar-refractivity contribution in [1.82, 2.24) is 4.98 Å². The SMILES string of the molecule is Cc1nc2ccc(C(C)(C)C)cc2cc1C(C)C. The molecular weight excluding hydrogens is 218 g/mol. The van der Waals surface area contributed by atoms with Gasteiger partial charge in [0.1, 0.15) is 0 Å². The highest BCUT2D eigenvalue weighted by atomic mass is 14.7. The van der Waals surface area contributed by atoms with E-state index in [1.165, 1.54) is 16.5 Å². The zero-order valence-electron chi connectivity index (χ0n) is 12.3. The number of hydrogen-bond acceptors (Lipinski definition) is 1. The third kappa shape index (κ3) is 2.40. The fourth-order valence-electron chi connectivity index (χ4n) is 2.34. The van der Waals surface area contributed by atoms with Crippen LogP contribution >= 0.6 is 0 Å². The first kappa shape index (κ1) is 13.1. The van der Waals surface area contributed by atoms with Crippen LogP contribution in [0.15, 0.2) is 24.3 Å². The van der Waals surface area contributed by atoms with Crippen LogP contribution < -0.4 is 0 Å². The standard InChI is InChI=1S/C17H23N/c1-11(2)15-10-13-9-14(17(4,5)6)7-8-16(13)18-12(15)3/h7-11H,1-6H3. The maximum atomic E-state index is 4.72. The van der Waals surface area contributed by atoms with Gasteiger partial charge in [-0.15, -0.1) is 0 Å². The molecule has 1 heterocycles. The third-order valence-electron chi connectivity index (χ3n) is 3.53. The minimum Gasteiger partial charge on any atom is -0.253 e. The van der Waals surface area contributed by atoms with Crippen molar-refractivity contribution in [3.63, 3.8) is 0 Å². The van der Waals surface area contributed by atoms with Crippen molar-refractivity contribution in [3.8, 4) is 0 Å². The highest BCUT2D eigenvalue weighted by Gasteiger charge is 2.14. The summed E-state index contributed by atoms with van der Waals surface area (Å²) in [4.78, 5) is 4.72. The summed E-state index contributed by atoms with van der Waals surface area (Å²) in [5.41, 5.74) is 5.17. The maximum absolute atomic E-state index is 4.72. The fourth-order valence-corrected chi connectivity index (χ4v) is 2.34. The molecule has 1 heteroatoms. The lowest BCUT2D eigenvalue weighted by Crippen LogP contribution is -2.10. The first-order valence-corrected chi connectivity index (χ1v) is 6.71. The lowest BCUT2D eigenvalue weighted by Gasteiger charge is -2.20. The van der Waals surface area contributed by atoms with Gasteiger partial charge in [0.25, 0.3) is 0 Å². The summed E-state index contributed by atoms with van der Waals surface area (Å²) in [7, 11) is 0. The number of nitrogens with zero attached hydrogens (tertiary/aromatic N) is 1. The maximum Gasteiger partial charge on any atom is 0.0705 e. The predicted molar refractivity (Wildman–Crippen MR) is 79.3 cm³/mol. The Morgan fingerprint density at radius 2 is 1.72 bits per heavy atom. The summed E-state index contributed by atoms with van der Waals surface area (Å²) < 4.78 is 0. The molecule has 0 aliphatic heterocycles. The second-order valence-electron chi connectivity index (χ2n) is 6.48. The molecule has 0 saturated heterocycles. The molecule has 1 nitrogen and oxygen atoms in total. The van der Waals surface area contributed by atoms with Crippen molar-refractivity contribution in [3.05, 3.63) is 41.1 Å². The largest absolute Gasteiger partial charge is 0.253 e. The van der Waals surface area contributed by atoms with E-state index in [4.69, 9.17) is 4.98 Å². The average molecular weight is 241 g/mol. The Morgan fingerprint density at radius 3 is 2.28 bits per heavy atom. The van der Waals surface area contributed by atoms with Crippen LogP contribution in [0, 0.1) is 6.92 Å². The Balaban J connectivity index is 2.65. The Morgan fingerprint density at radius 1 is 1.06 bits per heavy atom. The van der Waals surface area contributed by atoms with Gasteiger partial charge in [-0.1, -0.05) is 40.7 Å². The molecule has 96 valence electrons. The molecule has 0 saturated carbocycles. The van der Waals surface area contributed by atoms with Gasteiger partial charge in [-0.05, 0) is 47.6 Å². The van der Waals surface area contributed by atoms with Crippen molar-refractivity contribution >= 4 is 10.9 Å². The third-order valence-corrected chi connectivity index (χ3v) is 3.53. The quantitative estimate of drug-likeness (QED) is 0.687. The van der Waals surface area contributed by atoms with E-state index in [2.05, 4.69) is 65.8 Å². The topological polar surface area (TPSA) is 12.9 Å². The van der Waals surface area contributed by atoms with Gasteiger partial charge in [-0.25, -0.2) is 0 Å². The second-order valence-corrected chi connectivity index (χ2v) is 6.48. The summed E-state index contributed by atoms with van der Waals surface area (Å²) in [6.07, 6.45) is 0. The zero-order valence-corrected chi connectivity index (χ0v) is 12.3. The number of rotatable bonds is 1. The molecule has 2 aromatic rings. The molecule has 0 radical (unpaired) electrons. The molecule has 0 unspecified atom stereocenters. The highest BCUT2D eigenvalue weighted by Crippen LogP contribution is 2.28. The number of aryl methyl sites for hydroxylation is 1. The van der Waals surface area contributed by atoms with E-state index in [1.807, 2.05) is 0 Å². The summed E-state index contributed by atoms with van der Waals surface area (Å²) in [5, 5.41) is 1.26. The summed E-state index contributed by atoms with van der Waals surface area (Å²) in [5.74, 6) is 0.528. The smallest absolute Gasteiger partial charge is 0.0705 e. The van der Waals surface area contributed by atoms with Crippen LogP contribution in [-0.2, 0) is 5.41 Å². The molecule has 0 aliphatic carbocycles. The Hall–Kier alpha value is -1.37.